The average Bonchev–Trinajstić information content (AvgIpc) is 3.44. The Morgan fingerprint density at radius 2 is 1.21 bits per heavy atom. The van der Waals surface area contributed by atoms with E-state index >= 15 is 0 Å². The third kappa shape index (κ3) is 16.5. The molecule has 0 heterocycles. The molecule has 0 spiro atoms. The fourth-order valence-electron chi connectivity index (χ4n) is 5.26. The maximum absolute atomic E-state index is 13.0. The van der Waals surface area contributed by atoms with Crippen molar-refractivity contribution in [2.24, 2.45) is 0 Å². The number of terminal acetylenes is 1. The van der Waals surface area contributed by atoms with Crippen LogP contribution in [0.5, 0.6) is 0 Å². The molecule has 286 valence electrons. The Morgan fingerprint density at radius 1 is 0.731 bits per heavy atom. The van der Waals surface area contributed by atoms with Gasteiger partial charge in [-0.1, -0.05) is 54.5 Å². The fourth-order valence-corrected chi connectivity index (χ4v) is 5.26. The third-order valence-electron chi connectivity index (χ3n) is 7.60. The van der Waals surface area contributed by atoms with Crippen molar-refractivity contribution in [3.63, 3.8) is 0 Å². The summed E-state index contributed by atoms with van der Waals surface area (Å²) in [6.07, 6.45) is 4.35. The number of hydrogen-bond acceptors (Lipinski definition) is 11. The monoisotopic (exact) mass is 726 g/mol. The largest absolute Gasteiger partial charge is 0.458 e. The normalized spacial score (nSPS) is 12.7. The number of fused-ring (bicyclic) bond motifs is 3. The van der Waals surface area contributed by atoms with E-state index in [9.17, 15) is 14.4 Å². The van der Waals surface area contributed by atoms with Crippen molar-refractivity contribution in [1.29, 1.82) is 0 Å². The van der Waals surface area contributed by atoms with E-state index in [0.717, 1.165) is 22.3 Å². The van der Waals surface area contributed by atoms with Crippen LogP contribution in [0.3, 0.4) is 0 Å². The number of benzene rings is 2. The topological polar surface area (TPSA) is 149 Å². The van der Waals surface area contributed by atoms with Gasteiger partial charge in [0.05, 0.1) is 72.7 Å². The Hall–Kier alpha value is -4.03. The SMILES string of the molecule is C#CCOCCOCCOCCOCCOCCOCCNC(=O)CCC(NC(=O)OCC1c2ccccc2-c2ccccc21)C(=O)OC(C)(C)C. The van der Waals surface area contributed by atoms with Crippen LogP contribution in [0.1, 0.15) is 50.7 Å². The van der Waals surface area contributed by atoms with Gasteiger partial charge >= 0.3 is 12.1 Å². The summed E-state index contributed by atoms with van der Waals surface area (Å²) in [6, 6.07) is 15.0. The van der Waals surface area contributed by atoms with E-state index in [4.69, 9.17) is 44.3 Å². The smallest absolute Gasteiger partial charge is 0.407 e. The number of carbonyl (C=O) groups is 3. The summed E-state index contributed by atoms with van der Waals surface area (Å²) in [7, 11) is 0. The summed E-state index contributed by atoms with van der Waals surface area (Å²) >= 11 is 0. The molecule has 2 amide bonds. The van der Waals surface area contributed by atoms with Crippen molar-refractivity contribution < 1.29 is 52.3 Å². The van der Waals surface area contributed by atoms with E-state index < -0.39 is 23.7 Å². The second-order valence-corrected chi connectivity index (χ2v) is 12.8. The summed E-state index contributed by atoms with van der Waals surface area (Å²) in [6.45, 7) is 10.6. The van der Waals surface area contributed by atoms with Gasteiger partial charge in [-0.2, -0.15) is 0 Å². The first-order chi connectivity index (χ1) is 25.2. The number of amides is 2. The summed E-state index contributed by atoms with van der Waals surface area (Å²) in [5, 5.41) is 5.38. The molecule has 2 aromatic carbocycles. The lowest BCUT2D eigenvalue weighted by Crippen LogP contribution is -2.45. The fraction of sp³-hybridized carbons (Fsp3) is 0.564. The van der Waals surface area contributed by atoms with Crippen LogP contribution in [0.2, 0.25) is 0 Å². The summed E-state index contributed by atoms with van der Waals surface area (Å²) in [4.78, 5) is 38.4. The van der Waals surface area contributed by atoms with Gasteiger partial charge in [0.1, 0.15) is 24.9 Å². The van der Waals surface area contributed by atoms with Gasteiger partial charge in [0, 0.05) is 18.9 Å². The minimum Gasteiger partial charge on any atom is -0.458 e. The highest BCUT2D eigenvalue weighted by Crippen LogP contribution is 2.44. The van der Waals surface area contributed by atoms with Gasteiger partial charge in [-0.15, -0.1) is 6.42 Å². The molecule has 0 bridgehead atoms. The number of hydrogen-bond donors (Lipinski definition) is 2. The lowest BCUT2D eigenvalue weighted by atomic mass is 9.98. The molecule has 1 aliphatic rings. The number of nitrogens with one attached hydrogen (secondary N) is 2. The van der Waals surface area contributed by atoms with E-state index in [1.165, 1.54) is 0 Å². The van der Waals surface area contributed by atoms with Gasteiger partial charge in [0.15, 0.2) is 0 Å². The van der Waals surface area contributed by atoms with Gasteiger partial charge in [0.2, 0.25) is 5.91 Å². The molecule has 1 atom stereocenters. The van der Waals surface area contributed by atoms with E-state index in [1.807, 2.05) is 36.4 Å². The van der Waals surface area contributed by atoms with Gasteiger partial charge in [-0.3, -0.25) is 4.79 Å². The Kier molecular flexibility index (Phi) is 19.8. The van der Waals surface area contributed by atoms with E-state index in [0.29, 0.717) is 66.1 Å². The zero-order valence-electron chi connectivity index (χ0n) is 30.7. The molecule has 2 aromatic rings. The molecule has 3 rings (SSSR count). The summed E-state index contributed by atoms with van der Waals surface area (Å²) in [5.41, 5.74) is 3.60. The first kappa shape index (κ1) is 42.4. The Labute approximate surface area is 307 Å². The lowest BCUT2D eigenvalue weighted by Gasteiger charge is -2.24. The van der Waals surface area contributed by atoms with Crippen LogP contribution in [-0.4, -0.2) is 122 Å². The molecule has 0 fully saturated rings. The molecule has 1 unspecified atom stereocenters. The van der Waals surface area contributed by atoms with Crippen molar-refractivity contribution in [2.45, 2.75) is 51.2 Å². The summed E-state index contributed by atoms with van der Waals surface area (Å²) < 4.78 is 43.4. The van der Waals surface area contributed by atoms with Crippen LogP contribution < -0.4 is 10.6 Å². The molecular formula is C39H54N2O11. The number of rotatable bonds is 26. The Balaban J connectivity index is 1.24. The molecule has 52 heavy (non-hydrogen) atoms. The Morgan fingerprint density at radius 3 is 1.71 bits per heavy atom. The average molecular weight is 727 g/mol. The van der Waals surface area contributed by atoms with Gasteiger partial charge in [0.25, 0.3) is 0 Å². The van der Waals surface area contributed by atoms with Gasteiger partial charge < -0.3 is 48.5 Å². The lowest BCUT2D eigenvalue weighted by molar-refractivity contribution is -0.157. The van der Waals surface area contributed by atoms with Crippen molar-refractivity contribution in [2.75, 3.05) is 92.4 Å². The third-order valence-corrected chi connectivity index (χ3v) is 7.60. The predicted octanol–water partition coefficient (Wildman–Crippen LogP) is 3.86. The predicted molar refractivity (Wildman–Crippen MR) is 194 cm³/mol. The van der Waals surface area contributed by atoms with Crippen molar-refractivity contribution in [1.82, 2.24) is 10.6 Å². The molecule has 0 saturated heterocycles. The standard InChI is InChI=1S/C39H54N2O11/c1-5-17-45-19-21-47-23-25-49-27-28-50-26-24-48-22-20-46-18-16-40-36(42)15-14-35(37(43)52-39(2,3)4)41-38(44)51-29-34-32-12-8-6-10-30(32)31-11-7-9-13-33(31)34/h1,6-13,34-35H,14-29H2,2-4H3,(H,40,42)(H,41,44). The molecule has 0 aromatic heterocycles. The van der Waals surface area contributed by atoms with Crippen LogP contribution in [0, 0.1) is 12.3 Å². The quantitative estimate of drug-likeness (QED) is 0.0827. The zero-order valence-corrected chi connectivity index (χ0v) is 30.7. The maximum atomic E-state index is 13.0. The second kappa shape index (κ2) is 24.3. The summed E-state index contributed by atoms with van der Waals surface area (Å²) in [5.74, 6) is 1.33. The van der Waals surface area contributed by atoms with E-state index in [-0.39, 0.29) is 51.0 Å². The maximum Gasteiger partial charge on any atom is 0.407 e. The molecule has 13 nitrogen and oxygen atoms in total. The number of carbonyl (C=O) groups excluding carboxylic acids is 3. The van der Waals surface area contributed by atoms with Crippen LogP contribution in [0.4, 0.5) is 4.79 Å². The highest BCUT2D eigenvalue weighted by Gasteiger charge is 2.31. The second-order valence-electron chi connectivity index (χ2n) is 12.8. The van der Waals surface area contributed by atoms with E-state index in [2.05, 4.69) is 28.7 Å². The highest BCUT2D eigenvalue weighted by molar-refractivity contribution is 5.83. The number of alkyl carbamates (subject to hydrolysis) is 1. The highest BCUT2D eigenvalue weighted by atomic mass is 16.6. The van der Waals surface area contributed by atoms with Crippen LogP contribution >= 0.6 is 0 Å². The molecule has 0 saturated carbocycles. The van der Waals surface area contributed by atoms with Crippen LogP contribution in [-0.2, 0) is 47.5 Å². The van der Waals surface area contributed by atoms with Gasteiger partial charge in [-0.25, -0.2) is 9.59 Å². The molecule has 1 aliphatic carbocycles. The van der Waals surface area contributed by atoms with E-state index in [1.54, 1.807) is 20.8 Å². The van der Waals surface area contributed by atoms with Gasteiger partial charge in [-0.05, 0) is 49.4 Å². The van der Waals surface area contributed by atoms with Crippen molar-refractivity contribution in [3.05, 3.63) is 59.7 Å². The zero-order chi connectivity index (χ0) is 37.4. The number of esters is 1. The molecular weight excluding hydrogens is 672 g/mol. The molecule has 0 aliphatic heterocycles. The first-order valence-electron chi connectivity index (χ1n) is 17.7. The minimum atomic E-state index is -1.07. The molecule has 13 heteroatoms. The van der Waals surface area contributed by atoms with Crippen molar-refractivity contribution >= 4 is 18.0 Å². The Bertz CT molecular complexity index is 1360. The molecule has 0 radical (unpaired) electrons. The molecule has 2 N–H and O–H groups in total. The first-order valence-corrected chi connectivity index (χ1v) is 17.7. The van der Waals surface area contributed by atoms with Crippen LogP contribution in [0.25, 0.3) is 11.1 Å². The number of ether oxygens (including phenoxy) is 8. The minimum absolute atomic E-state index is 0.0152. The van der Waals surface area contributed by atoms with Crippen LogP contribution in [0.15, 0.2) is 48.5 Å². The van der Waals surface area contributed by atoms with Crippen molar-refractivity contribution in [3.8, 4) is 23.5 Å².